The summed E-state index contributed by atoms with van der Waals surface area (Å²) < 4.78 is 13.2. The van der Waals surface area contributed by atoms with Gasteiger partial charge in [-0.05, 0) is 70.9 Å². The van der Waals surface area contributed by atoms with Crippen LogP contribution in [-0.4, -0.2) is 12.5 Å². The van der Waals surface area contributed by atoms with Gasteiger partial charge in [-0.1, -0.05) is 51.8 Å². The number of carbonyl (C=O) groups excluding carboxylic acids is 1. The third kappa shape index (κ3) is 6.84. The van der Waals surface area contributed by atoms with Gasteiger partial charge in [-0.3, -0.25) is 4.79 Å². The summed E-state index contributed by atoms with van der Waals surface area (Å²) in [7, 11) is 0. The molecule has 0 heterocycles. The number of hydrogen-bond acceptors (Lipinski definition) is 4. The highest BCUT2D eigenvalue weighted by Gasteiger charge is 2.15. The number of halogens is 3. The van der Waals surface area contributed by atoms with Crippen LogP contribution in [0.4, 0.5) is 5.69 Å². The van der Waals surface area contributed by atoms with Crippen LogP contribution in [0.25, 0.3) is 6.08 Å². The molecule has 8 heteroatoms. The minimum atomic E-state index is -0.510. The summed E-state index contributed by atoms with van der Waals surface area (Å²) in [6, 6.07) is 20.0. The smallest absolute Gasteiger partial charge is 0.266 e. The van der Waals surface area contributed by atoms with Crippen LogP contribution >= 0.6 is 43.5 Å². The first-order chi connectivity index (χ1) is 15.9. The Kier molecular flexibility index (Phi) is 8.95. The zero-order chi connectivity index (χ0) is 23.8. The molecule has 0 unspecified atom stereocenters. The third-order valence-corrected chi connectivity index (χ3v) is 5.87. The molecule has 0 saturated carbocycles. The van der Waals surface area contributed by atoms with Crippen LogP contribution in [-0.2, 0) is 11.4 Å². The van der Waals surface area contributed by atoms with Crippen LogP contribution in [0.2, 0.25) is 5.02 Å². The molecule has 0 atom stereocenters. The first-order valence-corrected chi connectivity index (χ1v) is 11.9. The fraction of sp³-hybridized carbons (Fsp3) is 0.120. The number of nitrogens with one attached hydrogen (secondary N) is 1. The molecule has 0 radical (unpaired) electrons. The SMILES string of the molecule is CCOc1cc(/C=C(/C#N)C(=O)Nc2cccc(Br)c2)cc(Br)c1OCc1ccccc1Cl. The molecule has 0 spiro atoms. The number of ether oxygens (including phenoxy) is 2. The quantitative estimate of drug-likeness (QED) is 0.219. The molecule has 3 rings (SSSR count). The Hall–Kier alpha value is -2.79. The van der Waals surface area contributed by atoms with Gasteiger partial charge in [-0.15, -0.1) is 0 Å². The van der Waals surface area contributed by atoms with Crippen molar-refractivity contribution in [2.75, 3.05) is 11.9 Å². The fourth-order valence-electron chi connectivity index (χ4n) is 2.92. The van der Waals surface area contributed by atoms with E-state index in [1.165, 1.54) is 6.08 Å². The Labute approximate surface area is 214 Å². The molecular weight excluding hydrogens is 572 g/mol. The normalized spacial score (nSPS) is 10.9. The van der Waals surface area contributed by atoms with E-state index in [0.717, 1.165) is 10.0 Å². The van der Waals surface area contributed by atoms with Crippen molar-refractivity contribution in [1.82, 2.24) is 0 Å². The van der Waals surface area contributed by atoms with E-state index in [0.29, 0.717) is 38.9 Å². The Balaban J connectivity index is 1.86. The van der Waals surface area contributed by atoms with E-state index >= 15 is 0 Å². The van der Waals surface area contributed by atoms with Crippen LogP contribution < -0.4 is 14.8 Å². The molecule has 3 aromatic rings. The van der Waals surface area contributed by atoms with E-state index in [1.54, 1.807) is 36.4 Å². The van der Waals surface area contributed by atoms with E-state index in [1.807, 2.05) is 37.3 Å². The van der Waals surface area contributed by atoms with E-state index in [4.69, 9.17) is 21.1 Å². The number of hydrogen-bond donors (Lipinski definition) is 1. The molecular formula is C25H19Br2ClN2O3. The number of amides is 1. The Morgan fingerprint density at radius 2 is 1.91 bits per heavy atom. The van der Waals surface area contributed by atoms with E-state index in [-0.39, 0.29) is 12.2 Å². The molecule has 3 aromatic carbocycles. The lowest BCUT2D eigenvalue weighted by molar-refractivity contribution is -0.112. The summed E-state index contributed by atoms with van der Waals surface area (Å²) in [4.78, 5) is 12.6. The maximum atomic E-state index is 12.6. The van der Waals surface area contributed by atoms with Crippen LogP contribution in [0.1, 0.15) is 18.1 Å². The van der Waals surface area contributed by atoms with Crippen molar-refractivity contribution < 1.29 is 14.3 Å². The van der Waals surface area contributed by atoms with Crippen molar-refractivity contribution >= 4 is 61.1 Å². The summed E-state index contributed by atoms with van der Waals surface area (Å²) in [6.45, 7) is 2.53. The van der Waals surface area contributed by atoms with Gasteiger partial charge in [0.1, 0.15) is 18.2 Å². The second-order valence-electron chi connectivity index (χ2n) is 6.78. The Morgan fingerprint density at radius 3 is 2.61 bits per heavy atom. The number of nitriles is 1. The van der Waals surface area contributed by atoms with Crippen molar-refractivity contribution in [3.8, 4) is 17.6 Å². The summed E-state index contributed by atoms with van der Waals surface area (Å²) in [6.07, 6.45) is 1.50. The van der Waals surface area contributed by atoms with Crippen LogP contribution in [0, 0.1) is 11.3 Å². The molecule has 1 N–H and O–H groups in total. The van der Waals surface area contributed by atoms with Gasteiger partial charge in [0.2, 0.25) is 0 Å². The standard InChI is InChI=1S/C25H19Br2ClN2O3/c1-2-32-23-12-16(10-18(14-29)25(31)30-20-8-5-7-19(26)13-20)11-21(27)24(23)33-15-17-6-3-4-9-22(17)28/h3-13H,2,15H2,1H3,(H,30,31)/b18-10-. The highest BCUT2D eigenvalue weighted by atomic mass is 79.9. The highest BCUT2D eigenvalue weighted by molar-refractivity contribution is 9.10. The summed E-state index contributed by atoms with van der Waals surface area (Å²) in [5, 5.41) is 12.9. The van der Waals surface area contributed by atoms with Gasteiger partial charge in [0.25, 0.3) is 5.91 Å². The largest absolute Gasteiger partial charge is 0.490 e. The monoisotopic (exact) mass is 588 g/mol. The molecule has 5 nitrogen and oxygen atoms in total. The van der Waals surface area contributed by atoms with E-state index < -0.39 is 5.91 Å². The Bertz CT molecular complexity index is 1240. The zero-order valence-corrected chi connectivity index (χ0v) is 21.5. The molecule has 0 aliphatic rings. The van der Waals surface area contributed by atoms with Crippen LogP contribution in [0.3, 0.4) is 0 Å². The van der Waals surface area contributed by atoms with Gasteiger partial charge < -0.3 is 14.8 Å². The summed E-state index contributed by atoms with van der Waals surface area (Å²) >= 11 is 13.1. The van der Waals surface area contributed by atoms with Gasteiger partial charge in [0, 0.05) is 20.7 Å². The maximum absolute atomic E-state index is 12.6. The van der Waals surface area contributed by atoms with Crippen molar-refractivity contribution in [1.29, 1.82) is 5.26 Å². The highest BCUT2D eigenvalue weighted by Crippen LogP contribution is 2.38. The molecule has 0 fully saturated rings. The number of rotatable bonds is 8. The number of carbonyl (C=O) groups is 1. The van der Waals surface area contributed by atoms with Crippen LogP contribution in [0.15, 0.2) is 75.2 Å². The first kappa shape index (κ1) is 24.8. The number of anilines is 1. The molecule has 168 valence electrons. The van der Waals surface area contributed by atoms with E-state index in [2.05, 4.69) is 37.2 Å². The van der Waals surface area contributed by atoms with Gasteiger partial charge in [-0.25, -0.2) is 0 Å². The molecule has 33 heavy (non-hydrogen) atoms. The minimum absolute atomic E-state index is 0.0472. The van der Waals surface area contributed by atoms with Gasteiger partial charge in [0.15, 0.2) is 11.5 Å². The van der Waals surface area contributed by atoms with Gasteiger partial charge >= 0.3 is 0 Å². The third-order valence-electron chi connectivity index (χ3n) is 4.42. The van der Waals surface area contributed by atoms with Crippen LogP contribution in [0.5, 0.6) is 11.5 Å². The molecule has 0 saturated heterocycles. The number of nitrogens with zero attached hydrogens (tertiary/aromatic N) is 1. The molecule has 0 aromatic heterocycles. The molecule has 0 aliphatic carbocycles. The fourth-order valence-corrected chi connectivity index (χ4v) is 4.08. The average molecular weight is 591 g/mol. The van der Waals surface area contributed by atoms with Gasteiger partial charge in [0.05, 0.1) is 11.1 Å². The lowest BCUT2D eigenvalue weighted by Gasteiger charge is -2.15. The molecule has 0 aliphatic heterocycles. The predicted molar refractivity (Wildman–Crippen MR) is 137 cm³/mol. The topological polar surface area (TPSA) is 71.3 Å². The lowest BCUT2D eigenvalue weighted by atomic mass is 10.1. The lowest BCUT2D eigenvalue weighted by Crippen LogP contribution is -2.13. The second-order valence-corrected chi connectivity index (χ2v) is 8.95. The summed E-state index contributed by atoms with van der Waals surface area (Å²) in [5.74, 6) is 0.476. The van der Waals surface area contributed by atoms with Crippen molar-refractivity contribution in [2.45, 2.75) is 13.5 Å². The Morgan fingerprint density at radius 1 is 1.12 bits per heavy atom. The molecule has 1 amide bonds. The minimum Gasteiger partial charge on any atom is -0.490 e. The zero-order valence-electron chi connectivity index (χ0n) is 17.6. The molecule has 0 bridgehead atoms. The van der Waals surface area contributed by atoms with Gasteiger partial charge in [-0.2, -0.15) is 5.26 Å². The van der Waals surface area contributed by atoms with Crippen molar-refractivity contribution in [3.63, 3.8) is 0 Å². The average Bonchev–Trinajstić information content (AvgIpc) is 2.78. The van der Waals surface area contributed by atoms with E-state index in [9.17, 15) is 10.1 Å². The van der Waals surface area contributed by atoms with Crippen molar-refractivity contribution in [3.05, 3.63) is 91.3 Å². The second kappa shape index (κ2) is 11.9. The predicted octanol–water partition coefficient (Wildman–Crippen LogP) is 7.39. The number of benzene rings is 3. The first-order valence-electron chi connectivity index (χ1n) is 9.92. The summed E-state index contributed by atoms with van der Waals surface area (Å²) in [5.41, 5.74) is 1.98. The van der Waals surface area contributed by atoms with Crippen molar-refractivity contribution in [2.24, 2.45) is 0 Å². The maximum Gasteiger partial charge on any atom is 0.266 e.